The van der Waals surface area contributed by atoms with Crippen molar-refractivity contribution in [3.8, 4) is 17.0 Å². The van der Waals surface area contributed by atoms with E-state index in [-0.39, 0.29) is 0 Å². The number of benzene rings is 2. The monoisotopic (exact) mass is 336 g/mol. The van der Waals surface area contributed by atoms with Crippen LogP contribution in [0.25, 0.3) is 22.2 Å². The molecule has 0 spiro atoms. The average molecular weight is 336 g/mol. The van der Waals surface area contributed by atoms with Crippen LogP contribution >= 0.6 is 0 Å². The lowest BCUT2D eigenvalue weighted by molar-refractivity contribution is 0.416. The predicted octanol–water partition coefficient (Wildman–Crippen LogP) is 5.25. The SMILES string of the molecule is COc1ccccc1-c1[nH]c2c(C(C)C)cccc2c1CCCCN. The van der Waals surface area contributed by atoms with Crippen molar-refractivity contribution in [2.75, 3.05) is 13.7 Å². The molecule has 0 unspecified atom stereocenters. The smallest absolute Gasteiger partial charge is 0.128 e. The Hall–Kier alpha value is -2.26. The van der Waals surface area contributed by atoms with Crippen LogP contribution in [0.2, 0.25) is 0 Å². The number of H-pyrrole nitrogens is 1. The highest BCUT2D eigenvalue weighted by atomic mass is 16.5. The number of nitrogens with one attached hydrogen (secondary N) is 1. The maximum absolute atomic E-state index is 5.71. The van der Waals surface area contributed by atoms with Crippen molar-refractivity contribution < 1.29 is 4.74 Å². The number of ether oxygens (including phenoxy) is 1. The van der Waals surface area contributed by atoms with E-state index in [1.54, 1.807) is 7.11 Å². The maximum Gasteiger partial charge on any atom is 0.128 e. The number of hydrogen-bond acceptors (Lipinski definition) is 2. The van der Waals surface area contributed by atoms with E-state index < -0.39 is 0 Å². The molecule has 3 rings (SSSR count). The van der Waals surface area contributed by atoms with Gasteiger partial charge in [-0.3, -0.25) is 0 Å². The van der Waals surface area contributed by atoms with Gasteiger partial charge in [-0.05, 0) is 55.0 Å². The summed E-state index contributed by atoms with van der Waals surface area (Å²) < 4.78 is 5.61. The number of methoxy groups -OCH3 is 1. The topological polar surface area (TPSA) is 51.0 Å². The van der Waals surface area contributed by atoms with E-state index in [4.69, 9.17) is 10.5 Å². The number of aromatic nitrogens is 1. The number of unbranched alkanes of at least 4 members (excludes halogenated alkanes) is 1. The van der Waals surface area contributed by atoms with E-state index in [1.165, 1.54) is 27.7 Å². The molecular weight excluding hydrogens is 308 g/mol. The molecule has 0 saturated heterocycles. The van der Waals surface area contributed by atoms with Crippen LogP contribution < -0.4 is 10.5 Å². The van der Waals surface area contributed by atoms with Crippen LogP contribution in [-0.2, 0) is 6.42 Å². The molecule has 3 aromatic rings. The van der Waals surface area contributed by atoms with Gasteiger partial charge in [0.2, 0.25) is 0 Å². The van der Waals surface area contributed by atoms with Crippen LogP contribution in [0, 0.1) is 0 Å². The molecule has 3 heteroatoms. The van der Waals surface area contributed by atoms with Crippen LogP contribution in [0.15, 0.2) is 42.5 Å². The van der Waals surface area contributed by atoms with E-state index in [1.807, 2.05) is 12.1 Å². The minimum Gasteiger partial charge on any atom is -0.496 e. The zero-order valence-corrected chi connectivity index (χ0v) is 15.4. The zero-order chi connectivity index (χ0) is 17.8. The Morgan fingerprint density at radius 3 is 2.56 bits per heavy atom. The Bertz CT molecular complexity index is 848. The highest BCUT2D eigenvalue weighted by Crippen LogP contribution is 2.38. The zero-order valence-electron chi connectivity index (χ0n) is 15.4. The number of nitrogens with two attached hydrogens (primary N) is 1. The first-order valence-corrected chi connectivity index (χ1v) is 9.14. The number of fused-ring (bicyclic) bond motifs is 1. The Morgan fingerprint density at radius 2 is 1.84 bits per heavy atom. The summed E-state index contributed by atoms with van der Waals surface area (Å²) in [6, 6.07) is 14.9. The van der Waals surface area contributed by atoms with Gasteiger partial charge in [-0.2, -0.15) is 0 Å². The summed E-state index contributed by atoms with van der Waals surface area (Å²) in [5.41, 5.74) is 12.0. The van der Waals surface area contributed by atoms with Crippen LogP contribution in [-0.4, -0.2) is 18.6 Å². The molecule has 2 aromatic carbocycles. The second-order valence-electron chi connectivity index (χ2n) is 6.85. The van der Waals surface area contributed by atoms with E-state index in [0.29, 0.717) is 5.92 Å². The molecule has 0 saturated carbocycles. The highest BCUT2D eigenvalue weighted by molar-refractivity contribution is 5.94. The molecule has 0 aliphatic rings. The quantitative estimate of drug-likeness (QED) is 0.579. The minimum atomic E-state index is 0.477. The number of para-hydroxylation sites is 2. The van der Waals surface area contributed by atoms with Gasteiger partial charge < -0.3 is 15.5 Å². The first-order valence-electron chi connectivity index (χ1n) is 9.14. The van der Waals surface area contributed by atoms with Gasteiger partial charge in [0.05, 0.1) is 12.8 Å². The highest BCUT2D eigenvalue weighted by Gasteiger charge is 2.18. The number of rotatable bonds is 7. The third-order valence-electron chi connectivity index (χ3n) is 4.85. The van der Waals surface area contributed by atoms with Crippen LogP contribution in [0.4, 0.5) is 0 Å². The van der Waals surface area contributed by atoms with Crippen molar-refractivity contribution in [3.05, 3.63) is 53.6 Å². The third kappa shape index (κ3) is 3.42. The largest absolute Gasteiger partial charge is 0.496 e. The molecule has 0 radical (unpaired) electrons. The normalized spacial score (nSPS) is 11.4. The Labute approximate surface area is 150 Å². The van der Waals surface area contributed by atoms with E-state index in [0.717, 1.165) is 37.1 Å². The van der Waals surface area contributed by atoms with Crippen molar-refractivity contribution in [1.82, 2.24) is 4.98 Å². The van der Waals surface area contributed by atoms with E-state index in [2.05, 4.69) is 49.2 Å². The fourth-order valence-electron chi connectivity index (χ4n) is 3.56. The lowest BCUT2D eigenvalue weighted by atomic mass is 9.96. The number of hydrogen-bond donors (Lipinski definition) is 2. The average Bonchev–Trinajstić information content (AvgIpc) is 3.00. The minimum absolute atomic E-state index is 0.477. The van der Waals surface area contributed by atoms with Crippen molar-refractivity contribution in [2.24, 2.45) is 5.73 Å². The summed E-state index contributed by atoms with van der Waals surface area (Å²) in [6.45, 7) is 5.22. The first-order chi connectivity index (χ1) is 12.2. The third-order valence-corrected chi connectivity index (χ3v) is 4.85. The molecule has 0 amide bonds. The van der Waals surface area contributed by atoms with Gasteiger partial charge >= 0.3 is 0 Å². The molecule has 1 heterocycles. The summed E-state index contributed by atoms with van der Waals surface area (Å²) in [7, 11) is 1.73. The maximum atomic E-state index is 5.71. The van der Waals surface area contributed by atoms with E-state index >= 15 is 0 Å². The second kappa shape index (κ2) is 7.75. The summed E-state index contributed by atoms with van der Waals surface area (Å²) in [6.07, 6.45) is 3.16. The van der Waals surface area contributed by atoms with Crippen molar-refractivity contribution in [2.45, 2.75) is 39.0 Å². The molecule has 0 fully saturated rings. The van der Waals surface area contributed by atoms with Gasteiger partial charge in [-0.15, -0.1) is 0 Å². The van der Waals surface area contributed by atoms with Crippen LogP contribution in [0.5, 0.6) is 5.75 Å². The number of aromatic amines is 1. The van der Waals surface area contributed by atoms with Crippen molar-refractivity contribution in [1.29, 1.82) is 0 Å². The van der Waals surface area contributed by atoms with Gasteiger partial charge in [0.25, 0.3) is 0 Å². The van der Waals surface area contributed by atoms with Crippen LogP contribution in [0.1, 0.15) is 43.7 Å². The predicted molar refractivity (Wildman–Crippen MR) is 106 cm³/mol. The molecule has 132 valence electrons. The summed E-state index contributed by atoms with van der Waals surface area (Å²) in [4.78, 5) is 3.72. The summed E-state index contributed by atoms with van der Waals surface area (Å²) >= 11 is 0. The molecular formula is C22H28N2O. The van der Waals surface area contributed by atoms with Gasteiger partial charge in [0.15, 0.2) is 0 Å². The molecule has 1 aromatic heterocycles. The summed E-state index contributed by atoms with van der Waals surface area (Å²) in [5, 5.41) is 1.32. The van der Waals surface area contributed by atoms with E-state index in [9.17, 15) is 0 Å². The first kappa shape index (κ1) is 17.6. The van der Waals surface area contributed by atoms with Gasteiger partial charge in [0, 0.05) is 16.5 Å². The molecule has 0 bridgehead atoms. The van der Waals surface area contributed by atoms with Gasteiger partial charge in [-0.1, -0.05) is 44.2 Å². The molecule has 0 aliphatic heterocycles. The molecule has 0 atom stereocenters. The lowest BCUT2D eigenvalue weighted by Gasteiger charge is -2.09. The van der Waals surface area contributed by atoms with Crippen molar-refractivity contribution >= 4 is 10.9 Å². The lowest BCUT2D eigenvalue weighted by Crippen LogP contribution is -1.99. The standard InChI is InChI=1S/C22H28N2O/c1-15(2)16-11-8-12-18-17(9-6-7-14-23)22(24-21(16)18)19-10-4-5-13-20(19)25-3/h4-5,8,10-13,15,24H,6-7,9,14,23H2,1-3H3. The van der Waals surface area contributed by atoms with Gasteiger partial charge in [0.1, 0.15) is 5.75 Å². The van der Waals surface area contributed by atoms with Gasteiger partial charge in [-0.25, -0.2) is 0 Å². The van der Waals surface area contributed by atoms with Crippen molar-refractivity contribution in [3.63, 3.8) is 0 Å². The summed E-state index contributed by atoms with van der Waals surface area (Å²) in [5.74, 6) is 1.38. The Balaban J connectivity index is 2.22. The Morgan fingerprint density at radius 1 is 1.04 bits per heavy atom. The molecule has 25 heavy (non-hydrogen) atoms. The van der Waals surface area contributed by atoms with Crippen LogP contribution in [0.3, 0.4) is 0 Å². The molecule has 3 N–H and O–H groups in total. The molecule has 0 aliphatic carbocycles. The fraction of sp³-hybridized carbons (Fsp3) is 0.364. The number of aryl methyl sites for hydroxylation is 1. The fourth-order valence-corrected chi connectivity index (χ4v) is 3.56. The molecule has 3 nitrogen and oxygen atoms in total. The second-order valence-corrected chi connectivity index (χ2v) is 6.85. The Kier molecular flexibility index (Phi) is 5.44.